The number of carbonyl (C=O) groups is 3. The van der Waals surface area contributed by atoms with Crippen LogP contribution < -0.4 is 9.47 Å². The van der Waals surface area contributed by atoms with Crippen molar-refractivity contribution in [1.29, 1.82) is 0 Å². The lowest BCUT2D eigenvalue weighted by molar-refractivity contribution is -0.385. The zero-order chi connectivity index (χ0) is 33.7. The molecule has 0 aromatic heterocycles. The van der Waals surface area contributed by atoms with E-state index >= 15 is 0 Å². The largest absolute Gasteiger partial charge is 0.487 e. The summed E-state index contributed by atoms with van der Waals surface area (Å²) >= 11 is 11.7. The molecule has 0 spiro atoms. The number of rotatable bonds is 8. The highest BCUT2D eigenvalue weighted by Gasteiger charge is 2.37. The molecule has 0 bridgehead atoms. The summed E-state index contributed by atoms with van der Waals surface area (Å²) in [5, 5.41) is 10.6. The molecular formula is C29H24Cl2F3NO9S. The number of halogens is 5. The van der Waals surface area contributed by atoms with E-state index in [1.807, 2.05) is 0 Å². The monoisotopic (exact) mass is 689 g/mol. The van der Waals surface area contributed by atoms with Crippen LogP contribution in [0.1, 0.15) is 42.1 Å². The van der Waals surface area contributed by atoms with Crippen LogP contribution in [0.5, 0.6) is 17.2 Å². The molecule has 0 radical (unpaired) electrons. The van der Waals surface area contributed by atoms with Crippen LogP contribution in [-0.4, -0.2) is 43.6 Å². The smallest absolute Gasteiger partial charge is 0.416 e. The topological polar surface area (TPSA) is 147 Å². The Kier molecular flexibility index (Phi) is 11.3. The van der Waals surface area contributed by atoms with E-state index in [-0.39, 0.29) is 62.9 Å². The van der Waals surface area contributed by atoms with Crippen molar-refractivity contribution in [2.75, 3.05) is 12.9 Å². The Balaban J connectivity index is 0.000000248. The summed E-state index contributed by atoms with van der Waals surface area (Å²) in [6.45, 7) is 1.86. The van der Waals surface area contributed by atoms with Crippen molar-refractivity contribution in [3.05, 3.63) is 85.9 Å². The molecule has 10 nitrogen and oxygen atoms in total. The van der Waals surface area contributed by atoms with Gasteiger partial charge in [-0.15, -0.1) is 0 Å². The Bertz CT molecular complexity index is 1750. The molecule has 1 fully saturated rings. The van der Waals surface area contributed by atoms with Gasteiger partial charge < -0.3 is 9.47 Å². The van der Waals surface area contributed by atoms with Crippen LogP contribution in [0, 0.1) is 16.0 Å². The molecule has 3 aromatic rings. The van der Waals surface area contributed by atoms with E-state index in [2.05, 4.69) is 0 Å². The van der Waals surface area contributed by atoms with Gasteiger partial charge in [0.05, 0.1) is 32.0 Å². The quantitative estimate of drug-likeness (QED) is 0.103. The predicted octanol–water partition coefficient (Wildman–Crippen LogP) is 7.32. The zero-order valence-corrected chi connectivity index (χ0v) is 25.8. The van der Waals surface area contributed by atoms with Gasteiger partial charge in [0.2, 0.25) is 5.75 Å². The summed E-state index contributed by atoms with van der Waals surface area (Å²) in [7, 11) is -3.44. The van der Waals surface area contributed by atoms with Gasteiger partial charge in [-0.05, 0) is 55.8 Å². The molecule has 1 aliphatic rings. The number of sulfone groups is 1. The number of Topliss-reactive ketones (excluding diaryl/α,β-unsaturated/α-hetero) is 3. The number of hydrogen-bond acceptors (Lipinski definition) is 9. The molecule has 0 unspecified atom stereocenters. The van der Waals surface area contributed by atoms with Crippen molar-refractivity contribution in [3.8, 4) is 17.2 Å². The van der Waals surface area contributed by atoms with Crippen molar-refractivity contribution < 1.29 is 50.4 Å². The van der Waals surface area contributed by atoms with Crippen molar-refractivity contribution >= 4 is 56.1 Å². The first-order chi connectivity index (χ1) is 20.9. The summed E-state index contributed by atoms with van der Waals surface area (Å²) in [6, 6.07) is 10.0. The molecule has 3 aromatic carbocycles. The first kappa shape index (κ1) is 35.5. The fraction of sp³-hybridized carbons (Fsp3) is 0.276. The second kappa shape index (κ2) is 14.4. The maximum atomic E-state index is 12.6. The van der Waals surface area contributed by atoms with Crippen LogP contribution in [0.3, 0.4) is 0 Å². The number of nitro benzene ring substituents is 1. The van der Waals surface area contributed by atoms with Gasteiger partial charge in [0, 0.05) is 36.8 Å². The van der Waals surface area contributed by atoms with Gasteiger partial charge in [0.15, 0.2) is 27.2 Å². The Morgan fingerprint density at radius 3 is 2.13 bits per heavy atom. The number of benzene rings is 3. The predicted molar refractivity (Wildman–Crippen MR) is 157 cm³/mol. The maximum absolute atomic E-state index is 12.6. The van der Waals surface area contributed by atoms with Crippen molar-refractivity contribution in [2.24, 2.45) is 5.92 Å². The van der Waals surface area contributed by atoms with Crippen LogP contribution in [0.15, 0.2) is 59.5 Å². The average molecular weight is 690 g/mol. The van der Waals surface area contributed by atoms with E-state index in [1.165, 1.54) is 30.3 Å². The van der Waals surface area contributed by atoms with Crippen LogP contribution in [-0.2, 0) is 25.6 Å². The molecule has 1 aliphatic carbocycles. The lowest BCUT2D eigenvalue weighted by atomic mass is 9.82. The third kappa shape index (κ3) is 9.02. The Hall–Kier alpha value is -4.01. The molecule has 1 saturated carbocycles. The summed E-state index contributed by atoms with van der Waals surface area (Å²) < 4.78 is 71.2. The minimum Gasteiger partial charge on any atom is -0.487 e. The first-order valence-corrected chi connectivity index (χ1v) is 15.6. The van der Waals surface area contributed by atoms with Crippen LogP contribution in [0.25, 0.3) is 0 Å². The van der Waals surface area contributed by atoms with Gasteiger partial charge in [0.25, 0.3) is 0 Å². The van der Waals surface area contributed by atoms with Gasteiger partial charge in [-0.2, -0.15) is 13.2 Å². The lowest BCUT2D eigenvalue weighted by Crippen LogP contribution is -2.35. The maximum Gasteiger partial charge on any atom is 0.416 e. The standard InChI is InChI=1S/C15H11ClF3NO4.C14H13ClO5S/c1-2-23-14-8-10(4-5-12(14)20(21)22)24-13-6-3-9(7-11(13)16)15(17,18)19;1-21(19,20)8-5-6-9(10(15)7-8)14(18)13-11(16)3-2-4-12(13)17/h3-8H,2H2,1H3;5-7,13H,2-4H2,1H3. The number of alkyl halides is 3. The molecule has 0 atom stereocenters. The van der Waals surface area contributed by atoms with Crippen molar-refractivity contribution in [1.82, 2.24) is 0 Å². The van der Waals surface area contributed by atoms with Crippen molar-refractivity contribution in [3.63, 3.8) is 0 Å². The highest BCUT2D eigenvalue weighted by Crippen LogP contribution is 2.38. The molecule has 0 amide bonds. The molecule has 240 valence electrons. The third-order valence-corrected chi connectivity index (χ3v) is 8.02. The Labute approximate surface area is 265 Å². The van der Waals surface area contributed by atoms with Crippen LogP contribution in [0.4, 0.5) is 18.9 Å². The SMILES string of the molecule is CCOc1cc(Oc2ccc(C(F)(F)F)cc2Cl)ccc1[N+](=O)[O-].CS(=O)(=O)c1ccc(C(=O)C2C(=O)CCCC2=O)c(Cl)c1. The van der Waals surface area contributed by atoms with Crippen molar-refractivity contribution in [2.45, 2.75) is 37.3 Å². The molecule has 45 heavy (non-hydrogen) atoms. The van der Waals surface area contributed by atoms with E-state index in [1.54, 1.807) is 6.92 Å². The fourth-order valence-corrected chi connectivity index (χ4v) is 5.35. The fourth-order valence-electron chi connectivity index (χ4n) is 4.15. The number of ether oxygens (including phenoxy) is 2. The highest BCUT2D eigenvalue weighted by molar-refractivity contribution is 7.90. The lowest BCUT2D eigenvalue weighted by Gasteiger charge is -2.18. The third-order valence-electron chi connectivity index (χ3n) is 6.30. The molecule has 4 rings (SSSR count). The van der Waals surface area contributed by atoms with Gasteiger partial charge >= 0.3 is 11.9 Å². The average Bonchev–Trinajstić information content (AvgIpc) is 2.93. The summed E-state index contributed by atoms with van der Waals surface area (Å²) in [6.07, 6.45) is -2.64. The molecule has 0 aliphatic heterocycles. The summed E-state index contributed by atoms with van der Waals surface area (Å²) in [5.74, 6) is -2.65. The normalized spacial score (nSPS) is 13.9. The zero-order valence-electron chi connectivity index (χ0n) is 23.5. The van der Waals surface area contributed by atoms with Gasteiger partial charge in [-0.3, -0.25) is 24.5 Å². The summed E-state index contributed by atoms with van der Waals surface area (Å²) in [5.41, 5.74) is -1.15. The number of ketones is 3. The molecule has 0 saturated heterocycles. The molecular weight excluding hydrogens is 666 g/mol. The number of carbonyl (C=O) groups excluding carboxylic acids is 3. The first-order valence-electron chi connectivity index (χ1n) is 13.0. The Morgan fingerprint density at radius 1 is 0.978 bits per heavy atom. The minimum atomic E-state index is -4.52. The van der Waals surface area contributed by atoms with E-state index in [4.69, 9.17) is 32.7 Å². The second-order valence-electron chi connectivity index (χ2n) is 9.56. The number of nitrogens with zero attached hydrogens (tertiary/aromatic N) is 1. The van der Waals surface area contributed by atoms with Gasteiger partial charge in [-0.1, -0.05) is 23.2 Å². The highest BCUT2D eigenvalue weighted by atomic mass is 35.5. The number of nitro groups is 1. The minimum absolute atomic E-state index is 0.00216. The van der Waals surface area contributed by atoms with Gasteiger partial charge in [-0.25, -0.2) is 8.42 Å². The van der Waals surface area contributed by atoms with E-state index in [0.29, 0.717) is 6.42 Å². The van der Waals surface area contributed by atoms with Gasteiger partial charge in [0.1, 0.15) is 17.4 Å². The van der Waals surface area contributed by atoms with E-state index in [0.717, 1.165) is 30.5 Å². The van der Waals surface area contributed by atoms with E-state index < -0.39 is 49.8 Å². The molecule has 16 heteroatoms. The molecule has 0 heterocycles. The Morgan fingerprint density at radius 2 is 1.62 bits per heavy atom. The van der Waals surface area contributed by atoms with Crippen LogP contribution in [0.2, 0.25) is 10.0 Å². The van der Waals surface area contributed by atoms with E-state index in [9.17, 15) is 46.1 Å². The summed E-state index contributed by atoms with van der Waals surface area (Å²) in [4.78, 5) is 46.2. The second-order valence-corrected chi connectivity index (χ2v) is 12.4. The molecule has 0 N–H and O–H groups in total. The number of hydrogen-bond donors (Lipinski definition) is 0. The van der Waals surface area contributed by atoms with Crippen LogP contribution >= 0.6 is 23.2 Å².